The highest BCUT2D eigenvalue weighted by atomic mass is 35.5. The molecule has 41 heavy (non-hydrogen) atoms. The predicted molar refractivity (Wildman–Crippen MR) is 169 cm³/mol. The van der Waals surface area contributed by atoms with Crippen molar-refractivity contribution in [1.82, 2.24) is 20.5 Å². The number of aromatic nitrogens is 1. The van der Waals surface area contributed by atoms with Crippen LogP contribution in [0.1, 0.15) is 44.9 Å². The standard InChI is InChI=1S/C31H43N5O3.2ClH/c1-31(2,3)34-29(37)19-23-12-16-36-22-24(23)8-7-17-39-28-11-10-27(18-25(28)20-32-21-30(36)38)35(4)15-13-26-9-5-6-14-33-26;;/h5-11,14,18,23-24,32H,12-13,15-17,19-22H2,1-4H3,(H,34,37);2*1H/b8-7+;;/t23-,24-;;/m0../s1. The van der Waals surface area contributed by atoms with Gasteiger partial charge in [0.1, 0.15) is 12.4 Å². The highest BCUT2D eigenvalue weighted by Gasteiger charge is 2.32. The zero-order chi connectivity index (χ0) is 27.8. The number of pyridine rings is 1. The number of nitrogens with one attached hydrogen (secondary N) is 2. The topological polar surface area (TPSA) is 86.8 Å². The van der Waals surface area contributed by atoms with Gasteiger partial charge in [0, 0.05) is 74.7 Å². The van der Waals surface area contributed by atoms with Gasteiger partial charge in [-0.05, 0) is 69.4 Å². The number of likely N-dealkylation sites (N-methyl/N-ethyl adjacent to an activating group) is 1. The molecule has 8 nitrogen and oxygen atoms in total. The Morgan fingerprint density at radius 2 is 2.00 bits per heavy atom. The normalized spacial score (nSPS) is 19.9. The molecule has 1 aromatic heterocycles. The number of carbonyl (C=O) groups is 2. The smallest absolute Gasteiger partial charge is 0.236 e. The number of fused-ring (bicyclic) bond motifs is 3. The van der Waals surface area contributed by atoms with E-state index < -0.39 is 0 Å². The average Bonchev–Trinajstić information content (AvgIpc) is 2.91. The highest BCUT2D eigenvalue weighted by Crippen LogP contribution is 2.29. The molecule has 0 radical (unpaired) electrons. The van der Waals surface area contributed by atoms with Gasteiger partial charge in [-0.3, -0.25) is 14.6 Å². The minimum Gasteiger partial charge on any atom is -0.489 e. The minimum absolute atomic E-state index is 0. The summed E-state index contributed by atoms with van der Waals surface area (Å²) in [4.78, 5) is 34.3. The number of piperidine rings is 1. The third-order valence-electron chi connectivity index (χ3n) is 7.35. The third-order valence-corrected chi connectivity index (χ3v) is 7.35. The molecule has 1 aromatic carbocycles. The molecular formula is C31H45Cl2N5O3. The zero-order valence-electron chi connectivity index (χ0n) is 24.6. The largest absolute Gasteiger partial charge is 0.489 e. The van der Waals surface area contributed by atoms with Crippen LogP contribution in [0.5, 0.6) is 5.75 Å². The first-order valence-corrected chi connectivity index (χ1v) is 14.0. The van der Waals surface area contributed by atoms with Crippen LogP contribution in [0.15, 0.2) is 54.7 Å². The van der Waals surface area contributed by atoms with Gasteiger partial charge in [0.25, 0.3) is 0 Å². The number of hydrogen-bond donors (Lipinski definition) is 2. The van der Waals surface area contributed by atoms with E-state index in [1.165, 1.54) is 0 Å². The number of anilines is 1. The van der Waals surface area contributed by atoms with Crippen LogP contribution >= 0.6 is 24.8 Å². The Kier molecular flexibility index (Phi) is 13.4. The van der Waals surface area contributed by atoms with E-state index in [9.17, 15) is 9.59 Å². The fourth-order valence-electron chi connectivity index (χ4n) is 5.26. The van der Waals surface area contributed by atoms with Crippen molar-refractivity contribution in [2.75, 3.05) is 44.7 Å². The molecule has 0 aliphatic carbocycles. The van der Waals surface area contributed by atoms with E-state index in [2.05, 4.69) is 45.8 Å². The number of carbonyl (C=O) groups excluding carboxylic acids is 2. The lowest BCUT2D eigenvalue weighted by Crippen LogP contribution is -2.48. The predicted octanol–water partition coefficient (Wildman–Crippen LogP) is 4.41. The number of hydrogen-bond acceptors (Lipinski definition) is 6. The summed E-state index contributed by atoms with van der Waals surface area (Å²) in [6.45, 7) is 9.39. The molecule has 0 spiro atoms. The Balaban J connectivity index is 0.00000294. The van der Waals surface area contributed by atoms with Gasteiger partial charge >= 0.3 is 0 Å². The van der Waals surface area contributed by atoms with Crippen molar-refractivity contribution in [1.29, 1.82) is 0 Å². The van der Waals surface area contributed by atoms with Gasteiger partial charge in [0.05, 0.1) is 6.54 Å². The maximum Gasteiger partial charge on any atom is 0.236 e. The molecule has 2 aliphatic rings. The summed E-state index contributed by atoms with van der Waals surface area (Å²) < 4.78 is 6.18. The Labute approximate surface area is 257 Å². The lowest BCUT2D eigenvalue weighted by atomic mass is 9.82. The molecule has 1 saturated heterocycles. The Hall–Kier alpha value is -2.81. The van der Waals surface area contributed by atoms with Crippen molar-refractivity contribution in [3.63, 3.8) is 0 Å². The van der Waals surface area contributed by atoms with E-state index in [1.807, 2.05) is 62.2 Å². The van der Waals surface area contributed by atoms with Gasteiger partial charge in [-0.25, -0.2) is 0 Å². The second kappa shape index (κ2) is 16.0. The van der Waals surface area contributed by atoms with E-state index in [1.54, 1.807) is 0 Å². The number of ether oxygens (including phenoxy) is 1. The molecule has 0 unspecified atom stereocenters. The summed E-state index contributed by atoms with van der Waals surface area (Å²) in [5.74, 6) is 1.28. The summed E-state index contributed by atoms with van der Waals surface area (Å²) in [5, 5.41) is 6.42. The number of rotatable bonds is 6. The SMILES string of the molecule is CN(CCc1ccccn1)c1ccc2c(c1)CNCC(=O)N1CC[C@@H](CC(=O)NC(C)(C)C)[C@@H](/C=C/CO2)C1.Cl.Cl. The Morgan fingerprint density at radius 3 is 2.73 bits per heavy atom. The number of nitrogens with zero attached hydrogens (tertiary/aromatic N) is 3. The fraction of sp³-hybridized carbons (Fsp3) is 0.516. The summed E-state index contributed by atoms with van der Waals surface area (Å²) in [7, 11) is 2.08. The van der Waals surface area contributed by atoms with Crippen LogP contribution in [0.4, 0.5) is 5.69 Å². The van der Waals surface area contributed by atoms with E-state index >= 15 is 0 Å². The molecule has 226 valence electrons. The fourth-order valence-corrected chi connectivity index (χ4v) is 5.26. The molecular weight excluding hydrogens is 561 g/mol. The number of benzene rings is 1. The van der Waals surface area contributed by atoms with E-state index in [-0.39, 0.29) is 60.5 Å². The molecule has 10 heteroatoms. The van der Waals surface area contributed by atoms with Crippen molar-refractivity contribution in [2.45, 2.75) is 52.1 Å². The Morgan fingerprint density at radius 1 is 1.20 bits per heavy atom. The first-order valence-electron chi connectivity index (χ1n) is 14.0. The molecule has 2 aromatic rings. The number of amides is 2. The molecule has 2 amide bonds. The Bertz CT molecular complexity index is 1160. The molecule has 3 heterocycles. The monoisotopic (exact) mass is 605 g/mol. The number of halogens is 2. The van der Waals surface area contributed by atoms with Gasteiger partial charge in [-0.1, -0.05) is 18.2 Å². The molecule has 0 saturated carbocycles. The van der Waals surface area contributed by atoms with Crippen LogP contribution in [0.2, 0.25) is 0 Å². The van der Waals surface area contributed by atoms with Crippen molar-refractivity contribution >= 4 is 42.3 Å². The van der Waals surface area contributed by atoms with Gasteiger partial charge in [-0.2, -0.15) is 0 Å². The quantitative estimate of drug-likeness (QED) is 0.474. The van der Waals surface area contributed by atoms with E-state index in [0.29, 0.717) is 32.7 Å². The molecule has 1 fully saturated rings. The van der Waals surface area contributed by atoms with Gasteiger partial charge in [0.2, 0.25) is 11.8 Å². The first-order chi connectivity index (χ1) is 18.7. The van der Waals surface area contributed by atoms with E-state index in [0.717, 1.165) is 42.1 Å². The third kappa shape index (κ3) is 10.5. The van der Waals surface area contributed by atoms with Crippen molar-refractivity contribution < 1.29 is 14.3 Å². The van der Waals surface area contributed by atoms with Crippen molar-refractivity contribution in [3.8, 4) is 5.75 Å². The van der Waals surface area contributed by atoms with Gasteiger partial charge in [0.15, 0.2) is 0 Å². The maximum absolute atomic E-state index is 13.1. The summed E-state index contributed by atoms with van der Waals surface area (Å²) in [6.07, 6.45) is 8.14. The highest BCUT2D eigenvalue weighted by molar-refractivity contribution is 5.85. The van der Waals surface area contributed by atoms with Crippen LogP contribution in [0.3, 0.4) is 0 Å². The zero-order valence-corrected chi connectivity index (χ0v) is 26.2. The lowest BCUT2D eigenvalue weighted by molar-refractivity contribution is -0.132. The van der Waals surface area contributed by atoms with Crippen LogP contribution in [-0.4, -0.2) is 67.1 Å². The van der Waals surface area contributed by atoms with Crippen LogP contribution < -0.4 is 20.3 Å². The van der Waals surface area contributed by atoms with E-state index in [4.69, 9.17) is 4.74 Å². The van der Waals surface area contributed by atoms with Crippen LogP contribution in [-0.2, 0) is 22.6 Å². The van der Waals surface area contributed by atoms with Gasteiger partial charge in [-0.15, -0.1) is 24.8 Å². The molecule has 2 atom stereocenters. The molecule has 2 aliphatic heterocycles. The van der Waals surface area contributed by atoms with Crippen molar-refractivity contribution in [3.05, 3.63) is 66.0 Å². The maximum atomic E-state index is 13.1. The first kappa shape index (κ1) is 34.4. The lowest BCUT2D eigenvalue weighted by Gasteiger charge is -2.37. The van der Waals surface area contributed by atoms with Crippen LogP contribution in [0, 0.1) is 11.8 Å². The second-order valence-electron chi connectivity index (χ2n) is 11.7. The minimum atomic E-state index is -0.255. The summed E-state index contributed by atoms with van der Waals surface area (Å²) >= 11 is 0. The van der Waals surface area contributed by atoms with Crippen LogP contribution in [0.25, 0.3) is 0 Å². The van der Waals surface area contributed by atoms with Crippen molar-refractivity contribution in [2.24, 2.45) is 11.8 Å². The summed E-state index contributed by atoms with van der Waals surface area (Å²) in [5.41, 5.74) is 2.93. The molecule has 2 N–H and O–H groups in total. The van der Waals surface area contributed by atoms with Gasteiger partial charge < -0.3 is 25.2 Å². The molecule has 2 bridgehead atoms. The average molecular weight is 607 g/mol. The summed E-state index contributed by atoms with van der Waals surface area (Å²) in [6, 6.07) is 12.2. The second-order valence-corrected chi connectivity index (χ2v) is 11.7. The molecule has 4 rings (SSSR count).